The molecule has 0 aliphatic rings. The van der Waals surface area contributed by atoms with Crippen molar-refractivity contribution in [3.8, 4) is 0 Å². The van der Waals surface area contributed by atoms with Gasteiger partial charge in [0.1, 0.15) is 0 Å². The van der Waals surface area contributed by atoms with Crippen molar-refractivity contribution in [1.29, 1.82) is 0 Å². The highest BCUT2D eigenvalue weighted by molar-refractivity contribution is 5.81. The Bertz CT molecular complexity index is 344. The molecule has 0 radical (unpaired) electrons. The zero-order chi connectivity index (χ0) is 15.0. The van der Waals surface area contributed by atoms with Gasteiger partial charge in [0.2, 0.25) is 0 Å². The zero-order valence-electron chi connectivity index (χ0n) is 8.41. The molecule has 0 spiro atoms. The first-order valence-electron chi connectivity index (χ1n) is 3.76. The minimum absolute atomic E-state index is 0. The topological polar surface area (TPSA) is 26.3 Å². The van der Waals surface area contributed by atoms with Crippen molar-refractivity contribution >= 4 is 5.97 Å². The van der Waals surface area contributed by atoms with Gasteiger partial charge in [0.25, 0.3) is 0 Å². The van der Waals surface area contributed by atoms with Gasteiger partial charge < -0.3 is 4.74 Å². The van der Waals surface area contributed by atoms with Gasteiger partial charge in [0.05, 0.1) is 0 Å². The van der Waals surface area contributed by atoms with Gasteiger partial charge >= 0.3 is 30.1 Å². The molecule has 0 aromatic carbocycles. The SMILES string of the molecule is C=CC(=O)OC(F)(F)C(F)(F)C(F)(F)C(F)(F)F.F. The fourth-order valence-electron chi connectivity index (χ4n) is 0.593. The van der Waals surface area contributed by atoms with Crippen LogP contribution in [0.4, 0.5) is 44.2 Å². The summed E-state index contributed by atoms with van der Waals surface area (Å²) in [6.07, 6.45) is -13.4. The van der Waals surface area contributed by atoms with E-state index in [0.29, 0.717) is 0 Å². The summed E-state index contributed by atoms with van der Waals surface area (Å²) in [5.74, 6) is -16.4. The van der Waals surface area contributed by atoms with Crippen molar-refractivity contribution < 1.29 is 53.7 Å². The Morgan fingerprint density at radius 2 is 1.26 bits per heavy atom. The van der Waals surface area contributed by atoms with Crippen molar-refractivity contribution in [2.75, 3.05) is 0 Å². The number of alkyl halides is 9. The van der Waals surface area contributed by atoms with Crippen molar-refractivity contribution in [2.45, 2.75) is 24.1 Å². The second kappa shape index (κ2) is 5.25. The molecule has 0 amide bonds. The number of halogens is 10. The molecule has 19 heavy (non-hydrogen) atoms. The largest absolute Gasteiger partial charge is 0.473 e. The Morgan fingerprint density at radius 1 is 0.895 bits per heavy atom. The van der Waals surface area contributed by atoms with Crippen LogP contribution in [0.5, 0.6) is 0 Å². The summed E-state index contributed by atoms with van der Waals surface area (Å²) in [7, 11) is 0. The number of esters is 1. The summed E-state index contributed by atoms with van der Waals surface area (Å²) in [6.45, 7) is 2.48. The van der Waals surface area contributed by atoms with E-state index in [0.717, 1.165) is 0 Å². The lowest BCUT2D eigenvalue weighted by atomic mass is 10.1. The molecule has 0 aromatic heterocycles. The molecule has 0 heterocycles. The molecule has 0 aliphatic carbocycles. The molecule has 0 rings (SSSR count). The molecule has 0 N–H and O–H groups in total. The predicted octanol–water partition coefficient (Wildman–Crippen LogP) is 3.29. The summed E-state index contributed by atoms with van der Waals surface area (Å²) in [5, 5.41) is 0. The molecule has 0 saturated heterocycles. The number of hydrogen-bond acceptors (Lipinski definition) is 2. The van der Waals surface area contributed by atoms with Crippen LogP contribution in [0, 0.1) is 0 Å². The van der Waals surface area contributed by atoms with Crippen LogP contribution in [0.3, 0.4) is 0 Å². The van der Waals surface area contributed by atoms with Gasteiger partial charge in [-0.25, -0.2) is 4.79 Å². The standard InChI is InChI=1S/C7H3F9O2.FH/c1-2-3(17)18-7(15,16)5(10,11)4(8,9)6(12,13)14;/h2H,1H2;1H. The number of ether oxygens (including phenoxy) is 1. The predicted molar refractivity (Wildman–Crippen MR) is 39.7 cm³/mol. The average molecular weight is 310 g/mol. The first-order chi connectivity index (χ1) is 7.70. The van der Waals surface area contributed by atoms with E-state index in [1.54, 1.807) is 0 Å². The molecular formula is C7H4F10O2. The molecule has 0 aromatic rings. The Morgan fingerprint density at radius 3 is 1.53 bits per heavy atom. The van der Waals surface area contributed by atoms with E-state index in [2.05, 4.69) is 11.3 Å². The van der Waals surface area contributed by atoms with Crippen LogP contribution in [0.15, 0.2) is 12.7 Å². The molecule has 0 bridgehead atoms. The van der Waals surface area contributed by atoms with Gasteiger partial charge in [-0.1, -0.05) is 6.58 Å². The average Bonchev–Trinajstić information content (AvgIpc) is 2.14. The minimum atomic E-state index is -7.09. The van der Waals surface area contributed by atoms with Gasteiger partial charge in [-0.3, -0.25) is 4.70 Å². The Hall–Kier alpha value is -1.49. The maximum absolute atomic E-state index is 12.4. The maximum atomic E-state index is 12.4. The van der Waals surface area contributed by atoms with E-state index in [1.807, 2.05) is 0 Å². The highest BCUT2D eigenvalue weighted by Gasteiger charge is 2.83. The molecule has 12 heteroatoms. The third-order valence-electron chi connectivity index (χ3n) is 1.51. The lowest BCUT2D eigenvalue weighted by molar-refractivity contribution is -0.434. The maximum Gasteiger partial charge on any atom is 0.473 e. The van der Waals surface area contributed by atoms with Gasteiger partial charge in [-0.2, -0.15) is 39.5 Å². The molecule has 0 aliphatic heterocycles. The van der Waals surface area contributed by atoms with Crippen molar-refractivity contribution in [1.82, 2.24) is 0 Å². The van der Waals surface area contributed by atoms with E-state index < -0.39 is 30.1 Å². The first-order valence-corrected chi connectivity index (χ1v) is 3.76. The third-order valence-corrected chi connectivity index (χ3v) is 1.51. The van der Waals surface area contributed by atoms with Crippen molar-refractivity contribution in [3.63, 3.8) is 0 Å². The van der Waals surface area contributed by atoms with Crippen molar-refractivity contribution in [2.24, 2.45) is 0 Å². The van der Waals surface area contributed by atoms with Crippen LogP contribution in [0.2, 0.25) is 0 Å². The van der Waals surface area contributed by atoms with E-state index >= 15 is 0 Å². The zero-order valence-corrected chi connectivity index (χ0v) is 8.41. The monoisotopic (exact) mass is 310 g/mol. The minimum Gasteiger partial charge on any atom is -0.393 e. The fourth-order valence-corrected chi connectivity index (χ4v) is 0.593. The summed E-state index contributed by atoms with van der Waals surface area (Å²) in [6, 6.07) is 0. The van der Waals surface area contributed by atoms with Crippen LogP contribution in [0.25, 0.3) is 0 Å². The molecule has 0 saturated carbocycles. The number of carbonyl (C=O) groups is 1. The van der Waals surface area contributed by atoms with E-state index in [1.165, 1.54) is 0 Å². The first kappa shape index (κ1) is 19.8. The number of carbonyl (C=O) groups excluding carboxylic acids is 1. The molecule has 114 valence electrons. The van der Waals surface area contributed by atoms with Gasteiger partial charge in [0.15, 0.2) is 0 Å². The number of hydrogen-bond donors (Lipinski definition) is 0. The quantitative estimate of drug-likeness (QED) is 0.452. The van der Waals surface area contributed by atoms with Gasteiger partial charge in [-0.05, 0) is 0 Å². The summed E-state index contributed by atoms with van der Waals surface area (Å²) in [5.41, 5.74) is 0. The van der Waals surface area contributed by atoms with E-state index in [-0.39, 0.29) is 10.8 Å². The highest BCUT2D eigenvalue weighted by Crippen LogP contribution is 2.53. The van der Waals surface area contributed by atoms with Gasteiger partial charge in [-0.15, -0.1) is 0 Å². The Balaban J connectivity index is 0. The summed E-state index contributed by atoms with van der Waals surface area (Å²) < 4.78 is 111. The molecule has 0 unspecified atom stereocenters. The lowest BCUT2D eigenvalue weighted by Gasteiger charge is -2.32. The normalized spacial score (nSPS) is 13.5. The second-order valence-electron chi connectivity index (χ2n) is 2.79. The summed E-state index contributed by atoms with van der Waals surface area (Å²) in [4.78, 5) is 10.2. The third kappa shape index (κ3) is 3.29. The smallest absolute Gasteiger partial charge is 0.393 e. The molecular weight excluding hydrogens is 306 g/mol. The van der Waals surface area contributed by atoms with E-state index in [4.69, 9.17) is 0 Å². The van der Waals surface area contributed by atoms with Crippen LogP contribution >= 0.6 is 0 Å². The van der Waals surface area contributed by atoms with Crippen LogP contribution in [0.1, 0.15) is 0 Å². The van der Waals surface area contributed by atoms with E-state index in [9.17, 15) is 44.3 Å². The van der Waals surface area contributed by atoms with Gasteiger partial charge in [0, 0.05) is 6.08 Å². The van der Waals surface area contributed by atoms with Crippen molar-refractivity contribution in [3.05, 3.63) is 12.7 Å². The molecule has 0 atom stereocenters. The Kier molecular flexibility index (Phi) is 5.48. The van der Waals surface area contributed by atoms with Crippen LogP contribution < -0.4 is 0 Å². The lowest BCUT2D eigenvalue weighted by Crippen LogP contribution is -2.62. The highest BCUT2D eigenvalue weighted by atomic mass is 19.4. The Labute approximate surface area is 97.7 Å². The van der Waals surface area contributed by atoms with Crippen LogP contribution in [-0.2, 0) is 9.53 Å². The fraction of sp³-hybridized carbons (Fsp3) is 0.571. The second-order valence-corrected chi connectivity index (χ2v) is 2.79. The summed E-state index contributed by atoms with van der Waals surface area (Å²) >= 11 is 0. The van der Waals surface area contributed by atoms with Crippen LogP contribution in [-0.4, -0.2) is 30.1 Å². The molecule has 2 nitrogen and oxygen atoms in total. The molecule has 0 fully saturated rings. The number of rotatable bonds is 4.